The van der Waals surface area contributed by atoms with E-state index >= 15 is 0 Å². The lowest BCUT2D eigenvalue weighted by Gasteiger charge is -2.23. The first kappa shape index (κ1) is 15.8. The molecule has 0 bridgehead atoms. The van der Waals surface area contributed by atoms with Gasteiger partial charge in [0.15, 0.2) is 0 Å². The van der Waals surface area contributed by atoms with E-state index in [4.69, 9.17) is 0 Å². The van der Waals surface area contributed by atoms with Crippen LogP contribution in [-0.4, -0.2) is 5.11 Å². The molecule has 0 aliphatic heterocycles. The van der Waals surface area contributed by atoms with Crippen LogP contribution in [0.4, 0.5) is 0 Å². The molecule has 1 N–H and O–H groups in total. The van der Waals surface area contributed by atoms with Crippen LogP contribution in [0.3, 0.4) is 0 Å². The van der Waals surface area contributed by atoms with E-state index < -0.39 is 6.10 Å². The maximum Gasteiger partial charge on any atom is 0.105 e. The van der Waals surface area contributed by atoms with Crippen LogP contribution in [0, 0.1) is 48.5 Å². The molecule has 1 nitrogen and oxygen atoms in total. The predicted molar refractivity (Wildman–Crippen MR) is 90.1 cm³/mol. The zero-order valence-electron chi connectivity index (χ0n) is 14.3. The number of benzene rings is 2. The Morgan fingerprint density at radius 3 is 1.62 bits per heavy atom. The van der Waals surface area contributed by atoms with E-state index in [0.29, 0.717) is 0 Å². The SMILES string of the molecule is Cc1cc(C)c(C(O)c2c(C)cc(C)c(C)c2C)c(C)c1. The van der Waals surface area contributed by atoms with Gasteiger partial charge < -0.3 is 5.11 Å². The molecule has 21 heavy (non-hydrogen) atoms. The number of hydrogen-bond donors (Lipinski definition) is 1. The van der Waals surface area contributed by atoms with Crippen molar-refractivity contribution in [2.45, 2.75) is 54.6 Å². The molecule has 0 radical (unpaired) electrons. The van der Waals surface area contributed by atoms with Crippen molar-refractivity contribution in [1.29, 1.82) is 0 Å². The highest BCUT2D eigenvalue weighted by Gasteiger charge is 2.21. The third-order valence-corrected chi connectivity index (χ3v) is 4.70. The lowest BCUT2D eigenvalue weighted by Crippen LogP contribution is -2.10. The average molecular weight is 282 g/mol. The Morgan fingerprint density at radius 2 is 1.10 bits per heavy atom. The van der Waals surface area contributed by atoms with Crippen molar-refractivity contribution >= 4 is 0 Å². The number of aliphatic hydroxyl groups excluding tert-OH is 1. The van der Waals surface area contributed by atoms with Crippen LogP contribution in [-0.2, 0) is 0 Å². The van der Waals surface area contributed by atoms with Crippen molar-refractivity contribution in [3.63, 3.8) is 0 Å². The highest BCUT2D eigenvalue weighted by atomic mass is 16.3. The molecule has 2 rings (SSSR count). The second kappa shape index (κ2) is 5.65. The maximum atomic E-state index is 11.0. The van der Waals surface area contributed by atoms with Crippen LogP contribution in [0.1, 0.15) is 56.2 Å². The number of aliphatic hydroxyl groups is 1. The van der Waals surface area contributed by atoms with Gasteiger partial charge in [0.25, 0.3) is 0 Å². The molecule has 0 spiro atoms. The predicted octanol–water partition coefficient (Wildman–Crippen LogP) is 4.93. The van der Waals surface area contributed by atoms with E-state index in [0.717, 1.165) is 22.3 Å². The number of hydrogen-bond acceptors (Lipinski definition) is 1. The van der Waals surface area contributed by atoms with E-state index in [1.54, 1.807) is 0 Å². The first-order valence-corrected chi connectivity index (χ1v) is 7.57. The standard InChI is InChI=1S/C20H26O/c1-11-8-13(3)18(14(4)9-11)20(21)19-15(5)10-12(2)16(6)17(19)7/h8-10,20-21H,1-7H3. The fourth-order valence-corrected chi connectivity index (χ4v) is 3.49. The molecular weight excluding hydrogens is 256 g/mol. The van der Waals surface area contributed by atoms with Gasteiger partial charge in [-0.2, -0.15) is 0 Å². The molecule has 2 aromatic rings. The second-order valence-corrected chi connectivity index (χ2v) is 6.39. The summed E-state index contributed by atoms with van der Waals surface area (Å²) in [5.74, 6) is 0. The Balaban J connectivity index is 2.66. The number of aryl methyl sites for hydroxylation is 5. The quantitative estimate of drug-likeness (QED) is 0.828. The highest BCUT2D eigenvalue weighted by Crippen LogP contribution is 2.34. The van der Waals surface area contributed by atoms with Gasteiger partial charge in [-0.25, -0.2) is 0 Å². The lowest BCUT2D eigenvalue weighted by atomic mass is 9.85. The molecule has 0 saturated heterocycles. The molecule has 0 aliphatic carbocycles. The number of rotatable bonds is 2. The summed E-state index contributed by atoms with van der Waals surface area (Å²) in [5, 5.41) is 11.0. The van der Waals surface area contributed by atoms with Gasteiger partial charge in [0.1, 0.15) is 6.10 Å². The normalized spacial score (nSPS) is 12.6. The minimum atomic E-state index is -0.551. The fourth-order valence-electron chi connectivity index (χ4n) is 3.49. The maximum absolute atomic E-state index is 11.0. The summed E-state index contributed by atoms with van der Waals surface area (Å²) in [7, 11) is 0. The van der Waals surface area contributed by atoms with Crippen molar-refractivity contribution in [3.8, 4) is 0 Å². The van der Waals surface area contributed by atoms with Crippen LogP contribution in [0.2, 0.25) is 0 Å². The summed E-state index contributed by atoms with van der Waals surface area (Å²) in [6.07, 6.45) is -0.551. The molecular formula is C20H26O. The van der Waals surface area contributed by atoms with Crippen LogP contribution < -0.4 is 0 Å². The summed E-state index contributed by atoms with van der Waals surface area (Å²) in [6.45, 7) is 14.8. The topological polar surface area (TPSA) is 20.2 Å². The summed E-state index contributed by atoms with van der Waals surface area (Å²) in [6, 6.07) is 6.48. The Bertz CT molecular complexity index is 672. The zero-order valence-corrected chi connectivity index (χ0v) is 14.3. The minimum absolute atomic E-state index is 0.551. The van der Waals surface area contributed by atoms with E-state index in [1.807, 2.05) is 0 Å². The molecule has 0 amide bonds. The van der Waals surface area contributed by atoms with Gasteiger partial charge in [0, 0.05) is 0 Å². The van der Waals surface area contributed by atoms with Crippen molar-refractivity contribution in [2.24, 2.45) is 0 Å². The Morgan fingerprint density at radius 1 is 0.619 bits per heavy atom. The smallest absolute Gasteiger partial charge is 0.105 e. The molecule has 0 saturated carbocycles. The van der Waals surface area contributed by atoms with E-state index in [1.165, 1.54) is 27.8 Å². The zero-order chi connectivity index (χ0) is 15.9. The lowest BCUT2D eigenvalue weighted by molar-refractivity contribution is 0.217. The molecule has 0 heterocycles. The fraction of sp³-hybridized carbons (Fsp3) is 0.400. The molecule has 2 aromatic carbocycles. The van der Waals surface area contributed by atoms with Crippen molar-refractivity contribution < 1.29 is 5.11 Å². The summed E-state index contributed by atoms with van der Waals surface area (Å²) in [4.78, 5) is 0. The molecule has 0 aliphatic rings. The van der Waals surface area contributed by atoms with Gasteiger partial charge in [-0.15, -0.1) is 0 Å². The van der Waals surface area contributed by atoms with Crippen molar-refractivity contribution in [3.05, 3.63) is 68.3 Å². The van der Waals surface area contributed by atoms with Gasteiger partial charge in [-0.05, 0) is 93.0 Å². The summed E-state index contributed by atoms with van der Waals surface area (Å²) in [5.41, 5.74) is 10.6. The van der Waals surface area contributed by atoms with Gasteiger partial charge in [-0.3, -0.25) is 0 Å². The molecule has 0 fully saturated rings. The van der Waals surface area contributed by atoms with Gasteiger partial charge in [0.05, 0.1) is 0 Å². The minimum Gasteiger partial charge on any atom is -0.384 e. The van der Waals surface area contributed by atoms with Gasteiger partial charge >= 0.3 is 0 Å². The first-order chi connectivity index (χ1) is 9.73. The Labute approximate surface area is 128 Å². The second-order valence-electron chi connectivity index (χ2n) is 6.39. The van der Waals surface area contributed by atoms with Crippen LogP contribution in [0.25, 0.3) is 0 Å². The van der Waals surface area contributed by atoms with Crippen molar-refractivity contribution in [2.75, 3.05) is 0 Å². The van der Waals surface area contributed by atoms with Crippen LogP contribution in [0.15, 0.2) is 18.2 Å². The molecule has 112 valence electrons. The summed E-state index contributed by atoms with van der Waals surface area (Å²) < 4.78 is 0. The van der Waals surface area contributed by atoms with Crippen LogP contribution in [0.5, 0.6) is 0 Å². The van der Waals surface area contributed by atoms with E-state index in [2.05, 4.69) is 66.7 Å². The highest BCUT2D eigenvalue weighted by molar-refractivity contribution is 5.50. The van der Waals surface area contributed by atoms with E-state index in [-0.39, 0.29) is 0 Å². The van der Waals surface area contributed by atoms with Crippen molar-refractivity contribution in [1.82, 2.24) is 0 Å². The van der Waals surface area contributed by atoms with E-state index in [9.17, 15) is 5.11 Å². The summed E-state index contributed by atoms with van der Waals surface area (Å²) >= 11 is 0. The molecule has 1 heteroatoms. The van der Waals surface area contributed by atoms with Gasteiger partial charge in [-0.1, -0.05) is 23.8 Å². The largest absolute Gasteiger partial charge is 0.384 e. The Kier molecular flexibility index (Phi) is 4.25. The third-order valence-electron chi connectivity index (χ3n) is 4.70. The third kappa shape index (κ3) is 2.75. The monoisotopic (exact) mass is 282 g/mol. The molecule has 0 aromatic heterocycles. The Hall–Kier alpha value is -1.60. The first-order valence-electron chi connectivity index (χ1n) is 7.57. The van der Waals surface area contributed by atoms with Gasteiger partial charge in [0.2, 0.25) is 0 Å². The average Bonchev–Trinajstić information content (AvgIpc) is 2.34. The molecule has 1 unspecified atom stereocenters. The molecule has 1 atom stereocenters. The van der Waals surface area contributed by atoms with Crippen LogP contribution >= 0.6 is 0 Å².